The van der Waals surface area contributed by atoms with Gasteiger partial charge in [0.2, 0.25) is 5.95 Å². The van der Waals surface area contributed by atoms with Gasteiger partial charge >= 0.3 is 12.3 Å². The van der Waals surface area contributed by atoms with Gasteiger partial charge in [-0.25, -0.2) is 4.79 Å². The van der Waals surface area contributed by atoms with Crippen LogP contribution in [0.4, 0.5) is 17.6 Å². The molecule has 5 rings (SSSR count). The lowest BCUT2D eigenvalue weighted by Gasteiger charge is -2.32. The average molecular weight is 558 g/mol. The minimum absolute atomic E-state index is 0.0309. The van der Waals surface area contributed by atoms with Crippen molar-refractivity contribution in [2.24, 2.45) is 5.92 Å². The zero-order chi connectivity index (χ0) is 27.7. The highest BCUT2D eigenvalue weighted by Gasteiger charge is 2.32. The van der Waals surface area contributed by atoms with Crippen LogP contribution >= 0.6 is 11.6 Å². The van der Waals surface area contributed by atoms with E-state index in [1.807, 2.05) is 0 Å². The molecule has 1 saturated carbocycles. The normalized spacial score (nSPS) is 14.9. The number of H-pyrrole nitrogens is 1. The highest BCUT2D eigenvalue weighted by Crippen LogP contribution is 2.47. The van der Waals surface area contributed by atoms with Crippen molar-refractivity contribution in [3.8, 4) is 5.75 Å². The number of ether oxygens (including phenoxy) is 1. The summed E-state index contributed by atoms with van der Waals surface area (Å²) in [7, 11) is 0. The number of halogens is 5. The maximum Gasteiger partial charge on any atom is 0.573 e. The lowest BCUT2D eigenvalue weighted by molar-refractivity contribution is -0.274. The fourth-order valence-electron chi connectivity index (χ4n) is 4.59. The first-order valence-electron chi connectivity index (χ1n) is 11.9. The Morgan fingerprint density at radius 3 is 2.49 bits per heavy atom. The smallest absolute Gasteiger partial charge is 0.478 e. The molecular weight excluding hydrogens is 538 g/mol. The maximum absolute atomic E-state index is 14.5. The summed E-state index contributed by atoms with van der Waals surface area (Å²) in [5.41, 5.74) is 4.09. The second-order valence-electron chi connectivity index (χ2n) is 9.02. The Bertz CT molecular complexity index is 1610. The summed E-state index contributed by atoms with van der Waals surface area (Å²) < 4.78 is 56.9. The highest BCUT2D eigenvalue weighted by atomic mass is 35.5. The van der Waals surface area contributed by atoms with Gasteiger partial charge in [-0.2, -0.15) is 9.49 Å². The van der Waals surface area contributed by atoms with Crippen molar-refractivity contribution < 1.29 is 32.2 Å². The Kier molecular flexibility index (Phi) is 7.14. The first-order valence-corrected chi connectivity index (χ1v) is 12.3. The molecule has 1 aliphatic rings. The maximum atomic E-state index is 14.5. The molecule has 2 aromatic carbocycles. The molecule has 0 amide bonds. The van der Waals surface area contributed by atoms with E-state index in [9.17, 15) is 22.4 Å². The molecule has 2 N–H and O–H groups in total. The summed E-state index contributed by atoms with van der Waals surface area (Å²) in [5.74, 6) is -2.13. The van der Waals surface area contributed by atoms with Crippen LogP contribution in [0, 0.1) is 11.9 Å². The van der Waals surface area contributed by atoms with Gasteiger partial charge in [0.1, 0.15) is 5.75 Å². The SMILES string of the molecule is O=C(O)C=Cc1ccc(C(=C(c2ccc(OC(F)(F)F)cc2Cl)C2CCC2)c2ccc3n[nH]c(F)c3c2)cn1. The number of alkyl halides is 3. The predicted molar refractivity (Wildman–Crippen MR) is 138 cm³/mol. The Hall–Kier alpha value is -4.18. The fraction of sp³-hybridized carbons (Fsp3) is 0.179. The molecular formula is C28H20ClF4N3O3. The van der Waals surface area contributed by atoms with E-state index in [1.165, 1.54) is 18.2 Å². The second kappa shape index (κ2) is 10.5. The Labute approximate surface area is 224 Å². The van der Waals surface area contributed by atoms with Crippen molar-refractivity contribution in [2.75, 3.05) is 0 Å². The molecule has 1 aliphatic carbocycles. The van der Waals surface area contributed by atoms with E-state index < -0.39 is 24.0 Å². The average Bonchev–Trinajstić information content (AvgIpc) is 3.21. The Morgan fingerprint density at radius 1 is 1.10 bits per heavy atom. The van der Waals surface area contributed by atoms with Gasteiger partial charge in [0.05, 0.1) is 21.6 Å². The van der Waals surface area contributed by atoms with Gasteiger partial charge < -0.3 is 9.84 Å². The standard InChI is InChI=1S/C28H20ClF4N3O3/c29-22-13-19(39-28(31,32)33)8-9-20(22)26(15-2-1-3-15)25(16-5-10-23-21(12-16)27(30)36-35-23)17-4-6-18(34-14-17)7-11-24(37)38/h4-15H,1-3H2,(H,35,36)(H,37,38). The zero-order valence-electron chi connectivity index (χ0n) is 20.1. The summed E-state index contributed by atoms with van der Waals surface area (Å²) in [4.78, 5) is 15.3. The second-order valence-corrected chi connectivity index (χ2v) is 9.43. The third-order valence-corrected chi connectivity index (χ3v) is 6.83. The van der Waals surface area contributed by atoms with Gasteiger partial charge in [-0.1, -0.05) is 30.2 Å². The zero-order valence-corrected chi connectivity index (χ0v) is 20.9. The molecule has 0 saturated heterocycles. The van der Waals surface area contributed by atoms with Crippen molar-refractivity contribution in [1.82, 2.24) is 15.2 Å². The first-order chi connectivity index (χ1) is 18.6. The number of aliphatic carboxylic acids is 1. The number of rotatable bonds is 7. The molecule has 200 valence electrons. The molecule has 6 nitrogen and oxygen atoms in total. The lowest BCUT2D eigenvalue weighted by atomic mass is 9.73. The van der Waals surface area contributed by atoms with Crippen molar-refractivity contribution in [3.05, 3.63) is 94.2 Å². The van der Waals surface area contributed by atoms with E-state index in [0.717, 1.165) is 37.0 Å². The van der Waals surface area contributed by atoms with Gasteiger partial charge in [-0.05, 0) is 83.5 Å². The monoisotopic (exact) mass is 557 g/mol. The number of hydrogen-bond donors (Lipinski definition) is 2. The molecule has 11 heteroatoms. The third kappa shape index (κ3) is 5.80. The van der Waals surface area contributed by atoms with Crippen LogP contribution in [0.3, 0.4) is 0 Å². The van der Waals surface area contributed by atoms with E-state index in [0.29, 0.717) is 33.5 Å². The van der Waals surface area contributed by atoms with E-state index in [1.54, 1.807) is 36.5 Å². The van der Waals surface area contributed by atoms with Gasteiger partial charge in [0, 0.05) is 17.8 Å². The van der Waals surface area contributed by atoms with Gasteiger partial charge in [-0.15, -0.1) is 13.2 Å². The Balaban J connectivity index is 1.73. The van der Waals surface area contributed by atoms with Gasteiger partial charge in [-0.3, -0.25) is 10.1 Å². The Morgan fingerprint density at radius 2 is 1.87 bits per heavy atom. The molecule has 0 radical (unpaired) electrons. The number of allylic oxidation sites excluding steroid dienone is 1. The van der Waals surface area contributed by atoms with Crippen LogP contribution in [0.5, 0.6) is 5.75 Å². The molecule has 2 aromatic heterocycles. The number of carbonyl (C=O) groups is 1. The first kappa shape index (κ1) is 26.4. The number of nitrogens with zero attached hydrogens (tertiary/aromatic N) is 2. The lowest BCUT2D eigenvalue weighted by Crippen LogP contribution is -2.17. The number of pyridine rings is 1. The summed E-state index contributed by atoms with van der Waals surface area (Å²) in [6.45, 7) is 0. The van der Waals surface area contributed by atoms with Crippen molar-refractivity contribution in [2.45, 2.75) is 25.6 Å². The van der Waals surface area contributed by atoms with Crippen molar-refractivity contribution in [3.63, 3.8) is 0 Å². The van der Waals surface area contributed by atoms with Crippen LogP contribution in [0.15, 0.2) is 60.8 Å². The molecule has 0 bridgehead atoms. The van der Waals surface area contributed by atoms with E-state index in [2.05, 4.69) is 19.9 Å². The van der Waals surface area contributed by atoms with Crippen LogP contribution in [0.1, 0.15) is 41.6 Å². The van der Waals surface area contributed by atoms with Gasteiger partial charge in [0.15, 0.2) is 0 Å². The fourth-order valence-corrected chi connectivity index (χ4v) is 4.86. The predicted octanol–water partition coefficient (Wildman–Crippen LogP) is 7.51. The molecule has 0 aliphatic heterocycles. The summed E-state index contributed by atoms with van der Waals surface area (Å²) >= 11 is 6.56. The molecule has 2 heterocycles. The number of benzene rings is 2. The molecule has 4 aromatic rings. The number of carboxylic acids is 1. The summed E-state index contributed by atoms with van der Waals surface area (Å²) in [5, 5.41) is 15.5. The van der Waals surface area contributed by atoms with Crippen molar-refractivity contribution in [1.29, 1.82) is 0 Å². The van der Waals surface area contributed by atoms with Crippen LogP contribution < -0.4 is 4.74 Å². The number of fused-ring (bicyclic) bond motifs is 1. The summed E-state index contributed by atoms with van der Waals surface area (Å²) in [6, 6.07) is 12.3. The van der Waals surface area contributed by atoms with E-state index >= 15 is 0 Å². The number of carboxylic acid groups (broad SMARTS) is 1. The third-order valence-electron chi connectivity index (χ3n) is 6.51. The molecule has 0 atom stereocenters. The van der Waals surface area contributed by atoms with Crippen molar-refractivity contribution >= 4 is 45.7 Å². The number of nitrogens with one attached hydrogen (secondary N) is 1. The van der Waals surface area contributed by atoms with E-state index in [-0.39, 0.29) is 16.3 Å². The highest BCUT2D eigenvalue weighted by molar-refractivity contribution is 6.33. The quantitative estimate of drug-likeness (QED) is 0.139. The van der Waals surface area contributed by atoms with Crippen LogP contribution in [-0.2, 0) is 4.79 Å². The number of aromatic amines is 1. The van der Waals surface area contributed by atoms with Crippen LogP contribution in [0.2, 0.25) is 5.02 Å². The molecule has 39 heavy (non-hydrogen) atoms. The molecule has 0 unspecified atom stereocenters. The van der Waals surface area contributed by atoms with Gasteiger partial charge in [0.25, 0.3) is 0 Å². The minimum atomic E-state index is -4.87. The largest absolute Gasteiger partial charge is 0.573 e. The van der Waals surface area contributed by atoms with E-state index in [4.69, 9.17) is 16.7 Å². The number of hydrogen-bond acceptors (Lipinski definition) is 4. The molecule has 1 fully saturated rings. The van der Waals surface area contributed by atoms with Crippen LogP contribution in [-0.4, -0.2) is 32.6 Å². The topological polar surface area (TPSA) is 88.1 Å². The van der Waals surface area contributed by atoms with Crippen LogP contribution in [0.25, 0.3) is 28.1 Å². The number of aromatic nitrogens is 3. The minimum Gasteiger partial charge on any atom is -0.478 e. The molecule has 0 spiro atoms. The summed E-state index contributed by atoms with van der Waals surface area (Å²) in [6.07, 6.45) is 1.64.